The van der Waals surface area contributed by atoms with Crippen LogP contribution in [0.15, 0.2) is 0 Å². The Kier molecular flexibility index (Phi) is 4.18. The highest BCUT2D eigenvalue weighted by Gasteiger charge is 2.27. The molecular formula is C9H17NO3. The molecule has 0 heterocycles. The molecule has 76 valence electrons. The van der Waals surface area contributed by atoms with Gasteiger partial charge in [-0.15, -0.1) is 0 Å². The predicted octanol–water partition coefficient (Wildman–Crippen LogP) is 0.999. The van der Waals surface area contributed by atoms with E-state index in [1.807, 2.05) is 0 Å². The fourth-order valence-electron chi connectivity index (χ4n) is 1.90. The Morgan fingerprint density at radius 2 is 2.15 bits per heavy atom. The number of methoxy groups -OCH3 is 1. The second-order valence-corrected chi connectivity index (χ2v) is 3.50. The van der Waals surface area contributed by atoms with Gasteiger partial charge in [-0.25, -0.2) is 5.90 Å². The van der Waals surface area contributed by atoms with Gasteiger partial charge in [-0.2, -0.15) is 0 Å². The molecule has 4 nitrogen and oxygen atoms in total. The van der Waals surface area contributed by atoms with Crippen molar-refractivity contribution in [2.45, 2.75) is 38.2 Å². The van der Waals surface area contributed by atoms with Gasteiger partial charge in [0.05, 0.1) is 19.6 Å². The maximum atomic E-state index is 11.0. The molecule has 1 fully saturated rings. The Balaban J connectivity index is 2.37. The summed E-state index contributed by atoms with van der Waals surface area (Å²) in [5.74, 6) is 5.33. The maximum absolute atomic E-state index is 11.0. The van der Waals surface area contributed by atoms with Crippen LogP contribution in [-0.2, 0) is 14.4 Å². The zero-order chi connectivity index (χ0) is 9.68. The van der Waals surface area contributed by atoms with Crippen molar-refractivity contribution in [1.29, 1.82) is 0 Å². The quantitative estimate of drug-likeness (QED) is 0.527. The molecule has 1 aliphatic carbocycles. The van der Waals surface area contributed by atoms with E-state index in [1.165, 1.54) is 20.0 Å². The minimum absolute atomic E-state index is 0.157. The third-order valence-electron chi connectivity index (χ3n) is 2.70. The Morgan fingerprint density at radius 3 is 2.62 bits per heavy atom. The van der Waals surface area contributed by atoms with Crippen molar-refractivity contribution in [3.8, 4) is 0 Å². The van der Waals surface area contributed by atoms with E-state index in [1.54, 1.807) is 0 Å². The molecule has 1 atom stereocenters. The average molecular weight is 187 g/mol. The van der Waals surface area contributed by atoms with Gasteiger partial charge in [0.1, 0.15) is 0 Å². The maximum Gasteiger partial charge on any atom is 0.308 e. The number of ether oxygens (including phenoxy) is 1. The minimum Gasteiger partial charge on any atom is -0.469 e. The highest BCUT2D eigenvalue weighted by molar-refractivity contribution is 5.69. The van der Waals surface area contributed by atoms with E-state index in [0.29, 0.717) is 5.92 Å². The first kappa shape index (κ1) is 10.5. The van der Waals surface area contributed by atoms with Crippen LogP contribution in [0.1, 0.15) is 32.1 Å². The van der Waals surface area contributed by atoms with Crippen LogP contribution < -0.4 is 5.90 Å². The van der Waals surface area contributed by atoms with Gasteiger partial charge in [-0.1, -0.05) is 12.8 Å². The lowest BCUT2D eigenvalue weighted by molar-refractivity contribution is -0.145. The summed E-state index contributed by atoms with van der Waals surface area (Å²) < 4.78 is 4.57. The molecule has 4 heteroatoms. The molecule has 0 aromatic carbocycles. The molecule has 1 rings (SSSR count). The zero-order valence-electron chi connectivity index (χ0n) is 7.99. The molecule has 0 radical (unpaired) electrons. The van der Waals surface area contributed by atoms with Crippen molar-refractivity contribution in [1.82, 2.24) is 0 Å². The Hall–Kier alpha value is -0.610. The number of nitrogens with two attached hydrogens (primary N) is 1. The van der Waals surface area contributed by atoms with Crippen molar-refractivity contribution in [3.05, 3.63) is 0 Å². The molecule has 0 saturated heterocycles. The molecule has 1 unspecified atom stereocenters. The van der Waals surface area contributed by atoms with E-state index in [-0.39, 0.29) is 18.5 Å². The molecule has 0 aliphatic heterocycles. The van der Waals surface area contributed by atoms with Crippen molar-refractivity contribution < 1.29 is 14.4 Å². The van der Waals surface area contributed by atoms with E-state index in [9.17, 15) is 4.79 Å². The highest BCUT2D eigenvalue weighted by Crippen LogP contribution is 2.30. The normalized spacial score (nSPS) is 20.2. The third kappa shape index (κ3) is 2.97. The fraction of sp³-hybridized carbons (Fsp3) is 0.889. The van der Waals surface area contributed by atoms with Gasteiger partial charge in [0.2, 0.25) is 0 Å². The van der Waals surface area contributed by atoms with Crippen LogP contribution in [0.25, 0.3) is 0 Å². The lowest BCUT2D eigenvalue weighted by atomic mass is 9.98. The van der Waals surface area contributed by atoms with Gasteiger partial charge in [0, 0.05) is 0 Å². The van der Waals surface area contributed by atoms with Crippen molar-refractivity contribution in [3.63, 3.8) is 0 Å². The van der Waals surface area contributed by atoms with E-state index >= 15 is 0 Å². The second-order valence-electron chi connectivity index (χ2n) is 3.50. The predicted molar refractivity (Wildman–Crippen MR) is 47.7 cm³/mol. The van der Waals surface area contributed by atoms with Crippen LogP contribution >= 0.6 is 0 Å². The minimum atomic E-state index is -0.248. The molecule has 0 aromatic heterocycles. The Bertz CT molecular complexity index is 166. The first-order valence-electron chi connectivity index (χ1n) is 4.70. The van der Waals surface area contributed by atoms with Gasteiger partial charge in [-0.3, -0.25) is 4.79 Å². The first-order chi connectivity index (χ1) is 6.27. The van der Waals surface area contributed by atoms with Crippen LogP contribution in [0.3, 0.4) is 0 Å². The first-order valence-corrected chi connectivity index (χ1v) is 4.70. The summed E-state index contributed by atoms with van der Waals surface area (Å²) in [6, 6.07) is 0. The van der Waals surface area contributed by atoms with Crippen LogP contribution in [0.5, 0.6) is 0 Å². The van der Waals surface area contributed by atoms with E-state index in [2.05, 4.69) is 4.74 Å². The Morgan fingerprint density at radius 1 is 1.54 bits per heavy atom. The molecule has 0 amide bonds. The number of carbonyl (C=O) groups excluding carboxylic acids is 1. The largest absolute Gasteiger partial charge is 0.469 e. The van der Waals surface area contributed by atoms with Crippen LogP contribution in [0, 0.1) is 5.92 Å². The summed E-state index contributed by atoms with van der Waals surface area (Å²) in [6.45, 7) is 0. The summed E-state index contributed by atoms with van der Waals surface area (Å²) in [5.41, 5.74) is 0. The summed E-state index contributed by atoms with van der Waals surface area (Å²) in [4.78, 5) is 15.8. The molecule has 0 bridgehead atoms. The molecule has 13 heavy (non-hydrogen) atoms. The van der Waals surface area contributed by atoms with Crippen molar-refractivity contribution in [2.75, 3.05) is 7.11 Å². The number of hydrogen-bond acceptors (Lipinski definition) is 4. The van der Waals surface area contributed by atoms with Crippen LogP contribution in [0.2, 0.25) is 0 Å². The van der Waals surface area contributed by atoms with Gasteiger partial charge in [0.25, 0.3) is 0 Å². The number of esters is 1. The second kappa shape index (κ2) is 5.19. The molecule has 0 aromatic rings. The smallest absolute Gasteiger partial charge is 0.308 e. The summed E-state index contributed by atoms with van der Waals surface area (Å²) in [5, 5.41) is 0. The molecular weight excluding hydrogens is 170 g/mol. The fourth-order valence-corrected chi connectivity index (χ4v) is 1.90. The van der Waals surface area contributed by atoms with Crippen LogP contribution in [-0.4, -0.2) is 19.2 Å². The lowest BCUT2D eigenvalue weighted by Crippen LogP contribution is -2.28. The average Bonchev–Trinajstić information content (AvgIpc) is 2.66. The van der Waals surface area contributed by atoms with Gasteiger partial charge in [0.15, 0.2) is 0 Å². The summed E-state index contributed by atoms with van der Waals surface area (Å²) in [7, 11) is 1.38. The van der Waals surface area contributed by atoms with E-state index in [0.717, 1.165) is 12.8 Å². The van der Waals surface area contributed by atoms with Crippen LogP contribution in [0.4, 0.5) is 0 Å². The monoisotopic (exact) mass is 187 g/mol. The van der Waals surface area contributed by atoms with Crippen molar-refractivity contribution in [2.24, 2.45) is 11.8 Å². The third-order valence-corrected chi connectivity index (χ3v) is 2.70. The molecule has 1 saturated carbocycles. The standard InChI is InChI=1S/C9H17NO3/c1-12-9(11)6-8(13-10)7-4-2-3-5-7/h7-8H,2-6,10H2,1H3. The number of hydrogen-bond donors (Lipinski definition) is 1. The lowest BCUT2D eigenvalue weighted by Gasteiger charge is -2.19. The zero-order valence-corrected chi connectivity index (χ0v) is 7.99. The number of rotatable bonds is 4. The van der Waals surface area contributed by atoms with Crippen molar-refractivity contribution >= 4 is 5.97 Å². The van der Waals surface area contributed by atoms with Gasteiger partial charge in [-0.05, 0) is 18.8 Å². The molecule has 2 N–H and O–H groups in total. The van der Waals surface area contributed by atoms with E-state index in [4.69, 9.17) is 10.7 Å². The Labute approximate surface area is 78.3 Å². The number of carbonyl (C=O) groups is 1. The topological polar surface area (TPSA) is 61.5 Å². The van der Waals surface area contributed by atoms with Gasteiger partial charge < -0.3 is 9.57 Å². The summed E-state index contributed by atoms with van der Waals surface area (Å²) in [6.07, 6.45) is 4.77. The molecule has 0 spiro atoms. The van der Waals surface area contributed by atoms with Gasteiger partial charge >= 0.3 is 5.97 Å². The molecule has 1 aliphatic rings. The summed E-state index contributed by atoms with van der Waals surface area (Å²) >= 11 is 0. The SMILES string of the molecule is COC(=O)CC(ON)C1CCCC1. The highest BCUT2D eigenvalue weighted by atomic mass is 16.6. The van der Waals surface area contributed by atoms with E-state index < -0.39 is 0 Å².